The molecule has 0 bridgehead atoms. The zero-order valence-electron chi connectivity index (χ0n) is 7.68. The van der Waals surface area contributed by atoms with Crippen LogP contribution in [-0.4, -0.2) is 18.0 Å². The quantitative estimate of drug-likeness (QED) is 0.591. The van der Waals surface area contributed by atoms with Gasteiger partial charge in [-0.1, -0.05) is 5.92 Å². The van der Waals surface area contributed by atoms with Crippen molar-refractivity contribution in [2.45, 2.75) is 32.2 Å². The van der Waals surface area contributed by atoms with Crippen molar-refractivity contribution in [1.29, 1.82) is 0 Å². The van der Waals surface area contributed by atoms with Gasteiger partial charge < -0.3 is 11.1 Å². The van der Waals surface area contributed by atoms with Crippen molar-refractivity contribution >= 4 is 5.91 Å². The molecule has 0 aromatic heterocycles. The number of nitrogens with one attached hydrogen (secondary N) is 1. The Kier molecular flexibility index (Phi) is 4.38. The van der Waals surface area contributed by atoms with E-state index in [9.17, 15) is 4.79 Å². The number of carbonyl (C=O) groups is 1. The van der Waals surface area contributed by atoms with Gasteiger partial charge in [-0.25, -0.2) is 0 Å². The van der Waals surface area contributed by atoms with Gasteiger partial charge in [0, 0.05) is 12.0 Å². The van der Waals surface area contributed by atoms with Crippen molar-refractivity contribution in [3.8, 4) is 12.3 Å². The molecule has 3 N–H and O–H groups in total. The zero-order chi connectivity index (χ0) is 9.61. The van der Waals surface area contributed by atoms with Crippen molar-refractivity contribution in [2.24, 2.45) is 5.73 Å². The molecule has 3 nitrogen and oxygen atoms in total. The Balaban J connectivity index is 3.53. The Morgan fingerprint density at radius 2 is 2.25 bits per heavy atom. The summed E-state index contributed by atoms with van der Waals surface area (Å²) in [6.45, 7) is 4.08. The van der Waals surface area contributed by atoms with E-state index in [-0.39, 0.29) is 11.4 Å². The van der Waals surface area contributed by atoms with Crippen LogP contribution in [0.25, 0.3) is 0 Å². The van der Waals surface area contributed by atoms with Gasteiger partial charge in [-0.2, -0.15) is 0 Å². The summed E-state index contributed by atoms with van der Waals surface area (Å²) in [4.78, 5) is 11.0. The molecular weight excluding hydrogens is 152 g/mol. The van der Waals surface area contributed by atoms with Crippen molar-refractivity contribution in [3.63, 3.8) is 0 Å². The Bertz CT molecular complexity index is 186. The van der Waals surface area contributed by atoms with Crippen LogP contribution in [0, 0.1) is 12.3 Å². The lowest BCUT2D eigenvalue weighted by Crippen LogP contribution is -2.34. The molecule has 0 radical (unpaired) electrons. The Labute approximate surface area is 73.7 Å². The van der Waals surface area contributed by atoms with Gasteiger partial charge in [0.15, 0.2) is 0 Å². The Morgan fingerprint density at radius 1 is 1.67 bits per heavy atom. The monoisotopic (exact) mass is 168 g/mol. The van der Waals surface area contributed by atoms with Crippen LogP contribution in [0.1, 0.15) is 26.7 Å². The number of carbonyl (C=O) groups excluding carboxylic acids is 1. The van der Waals surface area contributed by atoms with E-state index >= 15 is 0 Å². The predicted molar refractivity (Wildman–Crippen MR) is 49.3 cm³/mol. The van der Waals surface area contributed by atoms with Crippen molar-refractivity contribution in [3.05, 3.63) is 0 Å². The number of nitrogens with two attached hydrogens (primary N) is 1. The molecule has 0 aliphatic heterocycles. The zero-order valence-corrected chi connectivity index (χ0v) is 7.68. The molecule has 0 fully saturated rings. The molecule has 0 spiro atoms. The number of amides is 1. The average molecular weight is 168 g/mol. The van der Waals surface area contributed by atoms with E-state index in [4.69, 9.17) is 12.2 Å². The van der Waals surface area contributed by atoms with Crippen LogP contribution in [-0.2, 0) is 4.79 Å². The van der Waals surface area contributed by atoms with E-state index in [1.165, 1.54) is 0 Å². The SMILES string of the molecule is C#CCNC(=O)CCC(C)(C)N. The molecule has 0 atom stereocenters. The standard InChI is InChI=1S/C9H16N2O/c1-4-7-11-8(12)5-6-9(2,3)10/h1H,5-7,10H2,2-3H3,(H,11,12). The molecule has 0 rings (SSSR count). The first-order valence-corrected chi connectivity index (χ1v) is 3.95. The fourth-order valence-electron chi connectivity index (χ4n) is 0.674. The Morgan fingerprint density at radius 3 is 2.67 bits per heavy atom. The van der Waals surface area contributed by atoms with E-state index in [2.05, 4.69) is 11.2 Å². The summed E-state index contributed by atoms with van der Waals surface area (Å²) in [5, 5.41) is 2.57. The topological polar surface area (TPSA) is 55.1 Å². The minimum absolute atomic E-state index is 0.0357. The molecule has 0 heterocycles. The Hall–Kier alpha value is -1.01. The molecular formula is C9H16N2O. The van der Waals surface area contributed by atoms with Crippen molar-refractivity contribution in [2.75, 3.05) is 6.54 Å². The number of rotatable bonds is 4. The maximum atomic E-state index is 11.0. The summed E-state index contributed by atoms with van der Waals surface area (Å²) in [5.74, 6) is 2.30. The van der Waals surface area contributed by atoms with Crippen LogP contribution in [0.4, 0.5) is 0 Å². The molecule has 0 aromatic rings. The minimum Gasteiger partial charge on any atom is -0.345 e. The molecule has 0 saturated carbocycles. The van der Waals surface area contributed by atoms with Crippen LogP contribution in [0.5, 0.6) is 0 Å². The van der Waals surface area contributed by atoms with Gasteiger partial charge in [-0.05, 0) is 20.3 Å². The first kappa shape index (κ1) is 11.0. The van der Waals surface area contributed by atoms with Crippen LogP contribution in [0.2, 0.25) is 0 Å². The van der Waals surface area contributed by atoms with Gasteiger partial charge >= 0.3 is 0 Å². The van der Waals surface area contributed by atoms with Crippen LogP contribution in [0.3, 0.4) is 0 Å². The van der Waals surface area contributed by atoms with Gasteiger partial charge in [0.2, 0.25) is 5.91 Å². The summed E-state index contributed by atoms with van der Waals surface area (Å²) >= 11 is 0. The van der Waals surface area contributed by atoms with Crippen molar-refractivity contribution < 1.29 is 4.79 Å². The van der Waals surface area contributed by atoms with Gasteiger partial charge in [0.25, 0.3) is 0 Å². The largest absolute Gasteiger partial charge is 0.345 e. The number of hydrogen-bond acceptors (Lipinski definition) is 2. The minimum atomic E-state index is -0.284. The van der Waals surface area contributed by atoms with E-state index in [1.807, 2.05) is 13.8 Å². The highest BCUT2D eigenvalue weighted by molar-refractivity contribution is 5.76. The van der Waals surface area contributed by atoms with Gasteiger partial charge in [0.05, 0.1) is 6.54 Å². The van der Waals surface area contributed by atoms with Crippen molar-refractivity contribution in [1.82, 2.24) is 5.32 Å². The fraction of sp³-hybridized carbons (Fsp3) is 0.667. The molecule has 0 aromatic carbocycles. The predicted octanol–water partition coefficient (Wildman–Crippen LogP) is 0.253. The highest BCUT2D eigenvalue weighted by atomic mass is 16.1. The first-order chi connectivity index (χ1) is 5.45. The lowest BCUT2D eigenvalue weighted by Gasteiger charge is -2.17. The van der Waals surface area contributed by atoms with E-state index < -0.39 is 0 Å². The van der Waals surface area contributed by atoms with Crippen LogP contribution >= 0.6 is 0 Å². The molecule has 0 unspecified atom stereocenters. The number of terminal acetylenes is 1. The average Bonchev–Trinajstić information content (AvgIpc) is 1.95. The normalized spacial score (nSPS) is 10.5. The molecule has 68 valence electrons. The van der Waals surface area contributed by atoms with E-state index in [1.54, 1.807) is 0 Å². The summed E-state index contributed by atoms with van der Waals surface area (Å²) < 4.78 is 0. The summed E-state index contributed by atoms with van der Waals surface area (Å²) in [6, 6.07) is 0. The van der Waals surface area contributed by atoms with Crippen LogP contribution in [0.15, 0.2) is 0 Å². The number of hydrogen-bond donors (Lipinski definition) is 2. The van der Waals surface area contributed by atoms with Gasteiger partial charge in [0.1, 0.15) is 0 Å². The highest BCUT2D eigenvalue weighted by Crippen LogP contribution is 2.05. The van der Waals surface area contributed by atoms with E-state index in [0.717, 1.165) is 0 Å². The molecule has 0 aliphatic carbocycles. The first-order valence-electron chi connectivity index (χ1n) is 3.95. The molecule has 1 amide bonds. The lowest BCUT2D eigenvalue weighted by molar-refractivity contribution is -0.121. The maximum absolute atomic E-state index is 11.0. The highest BCUT2D eigenvalue weighted by Gasteiger charge is 2.12. The van der Waals surface area contributed by atoms with Crippen LogP contribution < -0.4 is 11.1 Å². The second-order valence-corrected chi connectivity index (χ2v) is 3.47. The third-order valence-electron chi connectivity index (χ3n) is 1.38. The van der Waals surface area contributed by atoms with Gasteiger partial charge in [-0.15, -0.1) is 6.42 Å². The smallest absolute Gasteiger partial charge is 0.220 e. The van der Waals surface area contributed by atoms with Gasteiger partial charge in [-0.3, -0.25) is 4.79 Å². The van der Waals surface area contributed by atoms with E-state index in [0.29, 0.717) is 19.4 Å². The summed E-state index contributed by atoms with van der Waals surface area (Å²) in [7, 11) is 0. The second-order valence-electron chi connectivity index (χ2n) is 3.47. The maximum Gasteiger partial charge on any atom is 0.220 e. The molecule has 0 saturated heterocycles. The molecule has 12 heavy (non-hydrogen) atoms. The lowest BCUT2D eigenvalue weighted by atomic mass is 10.00. The third kappa shape index (κ3) is 7.10. The molecule has 3 heteroatoms. The summed E-state index contributed by atoms with van der Waals surface area (Å²) in [5.41, 5.74) is 5.41. The summed E-state index contributed by atoms with van der Waals surface area (Å²) in [6.07, 6.45) is 6.08. The third-order valence-corrected chi connectivity index (χ3v) is 1.38. The molecule has 0 aliphatic rings. The second kappa shape index (κ2) is 4.78. The fourth-order valence-corrected chi connectivity index (χ4v) is 0.674.